The molecule has 2 rings (SSSR count). The number of hydrogen-bond acceptors (Lipinski definition) is 2. The minimum absolute atomic E-state index is 0.169. The zero-order valence-electron chi connectivity index (χ0n) is 10.1. The first-order chi connectivity index (χ1) is 8.70. The van der Waals surface area contributed by atoms with Gasteiger partial charge in [-0.15, -0.1) is 0 Å². The Kier molecular flexibility index (Phi) is 3.72. The number of carbonyl (C=O) groups excluding carboxylic acids is 1. The molecule has 0 amide bonds. The van der Waals surface area contributed by atoms with Crippen molar-refractivity contribution in [2.75, 3.05) is 11.9 Å². The van der Waals surface area contributed by atoms with E-state index in [-0.39, 0.29) is 5.78 Å². The molecule has 0 aromatic heterocycles. The average molecular weight is 243 g/mol. The number of halogens is 1. The number of ketones is 1. The molecular weight excluding hydrogens is 229 g/mol. The number of nitrogens with one attached hydrogen (secondary N) is 1. The summed E-state index contributed by atoms with van der Waals surface area (Å²) in [6.07, 6.45) is 0. The van der Waals surface area contributed by atoms with E-state index in [9.17, 15) is 9.18 Å². The Morgan fingerprint density at radius 1 is 1.11 bits per heavy atom. The maximum absolute atomic E-state index is 13.0. The van der Waals surface area contributed by atoms with Crippen molar-refractivity contribution in [2.24, 2.45) is 0 Å². The molecule has 0 fully saturated rings. The van der Waals surface area contributed by atoms with Crippen LogP contribution in [0.1, 0.15) is 22.8 Å². The van der Waals surface area contributed by atoms with E-state index in [1.165, 1.54) is 18.2 Å². The molecule has 0 saturated heterocycles. The van der Waals surface area contributed by atoms with Crippen molar-refractivity contribution in [3.63, 3.8) is 0 Å². The molecule has 18 heavy (non-hydrogen) atoms. The second-order valence-corrected chi connectivity index (χ2v) is 3.95. The van der Waals surface area contributed by atoms with Gasteiger partial charge in [0.2, 0.25) is 0 Å². The van der Waals surface area contributed by atoms with Gasteiger partial charge in [-0.05, 0) is 43.3 Å². The van der Waals surface area contributed by atoms with Crippen LogP contribution >= 0.6 is 0 Å². The normalized spacial score (nSPS) is 10.1. The second-order valence-electron chi connectivity index (χ2n) is 3.95. The summed E-state index contributed by atoms with van der Waals surface area (Å²) in [7, 11) is 0. The molecule has 0 aliphatic carbocycles. The van der Waals surface area contributed by atoms with Crippen LogP contribution in [0.5, 0.6) is 0 Å². The van der Waals surface area contributed by atoms with Gasteiger partial charge in [-0.3, -0.25) is 4.79 Å². The SMILES string of the molecule is CCNc1ccc(C(=O)c2cccc(F)c2)cc1. The first-order valence-corrected chi connectivity index (χ1v) is 5.85. The third kappa shape index (κ3) is 2.74. The van der Waals surface area contributed by atoms with E-state index in [0.717, 1.165) is 12.2 Å². The van der Waals surface area contributed by atoms with Crippen molar-refractivity contribution in [2.45, 2.75) is 6.92 Å². The fourth-order valence-electron chi connectivity index (χ4n) is 1.74. The van der Waals surface area contributed by atoms with E-state index in [1.807, 2.05) is 19.1 Å². The zero-order chi connectivity index (χ0) is 13.0. The largest absolute Gasteiger partial charge is 0.385 e. The number of anilines is 1. The van der Waals surface area contributed by atoms with Crippen molar-refractivity contribution in [1.29, 1.82) is 0 Å². The Hall–Kier alpha value is -2.16. The van der Waals surface area contributed by atoms with E-state index < -0.39 is 5.82 Å². The molecule has 0 radical (unpaired) electrons. The standard InChI is InChI=1S/C15H14FNO/c1-2-17-14-8-6-11(7-9-14)15(18)12-4-3-5-13(16)10-12/h3-10,17H,2H2,1H3. The van der Waals surface area contributed by atoms with Gasteiger partial charge in [0.05, 0.1) is 0 Å². The van der Waals surface area contributed by atoms with Gasteiger partial charge in [0, 0.05) is 23.4 Å². The molecule has 0 atom stereocenters. The third-order valence-corrected chi connectivity index (χ3v) is 2.61. The molecule has 3 heteroatoms. The molecule has 2 nitrogen and oxygen atoms in total. The smallest absolute Gasteiger partial charge is 0.193 e. The Morgan fingerprint density at radius 2 is 1.83 bits per heavy atom. The highest BCUT2D eigenvalue weighted by Crippen LogP contribution is 2.14. The van der Waals surface area contributed by atoms with Gasteiger partial charge in [0.15, 0.2) is 5.78 Å². The minimum Gasteiger partial charge on any atom is -0.385 e. The summed E-state index contributed by atoms with van der Waals surface area (Å²) in [6.45, 7) is 2.84. The lowest BCUT2D eigenvalue weighted by molar-refractivity contribution is 0.103. The molecule has 0 spiro atoms. The molecule has 0 aliphatic rings. The van der Waals surface area contributed by atoms with E-state index in [0.29, 0.717) is 11.1 Å². The van der Waals surface area contributed by atoms with Crippen molar-refractivity contribution >= 4 is 11.5 Å². The van der Waals surface area contributed by atoms with E-state index >= 15 is 0 Å². The summed E-state index contributed by atoms with van der Waals surface area (Å²) in [5.41, 5.74) is 1.89. The van der Waals surface area contributed by atoms with Crippen LogP contribution in [0, 0.1) is 5.82 Å². The minimum atomic E-state index is -0.398. The van der Waals surface area contributed by atoms with Crippen LogP contribution in [-0.4, -0.2) is 12.3 Å². The quantitative estimate of drug-likeness (QED) is 0.833. The molecule has 0 aliphatic heterocycles. The fraction of sp³-hybridized carbons (Fsp3) is 0.133. The summed E-state index contributed by atoms with van der Waals surface area (Å²) in [5, 5.41) is 3.15. The molecule has 2 aromatic carbocycles. The lowest BCUT2D eigenvalue weighted by Gasteiger charge is -2.05. The topological polar surface area (TPSA) is 29.1 Å². The van der Waals surface area contributed by atoms with Crippen LogP contribution < -0.4 is 5.32 Å². The summed E-state index contributed by atoms with van der Waals surface area (Å²) in [6, 6.07) is 12.9. The van der Waals surface area contributed by atoms with Gasteiger partial charge in [-0.25, -0.2) is 4.39 Å². The van der Waals surface area contributed by atoms with Gasteiger partial charge in [0.25, 0.3) is 0 Å². The molecular formula is C15H14FNO. The van der Waals surface area contributed by atoms with Crippen molar-refractivity contribution in [1.82, 2.24) is 0 Å². The fourth-order valence-corrected chi connectivity index (χ4v) is 1.74. The van der Waals surface area contributed by atoms with Crippen LogP contribution in [0.3, 0.4) is 0 Å². The van der Waals surface area contributed by atoms with E-state index in [2.05, 4.69) is 5.32 Å². The Balaban J connectivity index is 2.23. The van der Waals surface area contributed by atoms with Gasteiger partial charge in [0.1, 0.15) is 5.82 Å². The highest BCUT2D eigenvalue weighted by atomic mass is 19.1. The van der Waals surface area contributed by atoms with Crippen LogP contribution in [0.15, 0.2) is 48.5 Å². The van der Waals surface area contributed by atoms with E-state index in [1.54, 1.807) is 18.2 Å². The maximum atomic E-state index is 13.0. The number of rotatable bonds is 4. The molecule has 0 bridgehead atoms. The second kappa shape index (κ2) is 5.45. The Bertz CT molecular complexity index is 549. The van der Waals surface area contributed by atoms with Crippen molar-refractivity contribution in [3.05, 3.63) is 65.5 Å². The predicted molar refractivity (Wildman–Crippen MR) is 70.4 cm³/mol. The van der Waals surface area contributed by atoms with Crippen molar-refractivity contribution in [3.8, 4) is 0 Å². The maximum Gasteiger partial charge on any atom is 0.193 e. The number of carbonyl (C=O) groups is 1. The number of hydrogen-bond donors (Lipinski definition) is 1. The van der Waals surface area contributed by atoms with Gasteiger partial charge in [-0.1, -0.05) is 12.1 Å². The Morgan fingerprint density at radius 3 is 2.44 bits per heavy atom. The average Bonchev–Trinajstić information content (AvgIpc) is 2.39. The molecule has 2 aromatic rings. The van der Waals surface area contributed by atoms with Crippen LogP contribution in [0.2, 0.25) is 0 Å². The molecule has 0 saturated carbocycles. The number of benzene rings is 2. The molecule has 0 heterocycles. The summed E-state index contributed by atoms with van der Waals surface area (Å²) >= 11 is 0. The van der Waals surface area contributed by atoms with Crippen LogP contribution in [-0.2, 0) is 0 Å². The summed E-state index contributed by atoms with van der Waals surface area (Å²) in [4.78, 5) is 12.1. The molecule has 92 valence electrons. The molecule has 1 N–H and O–H groups in total. The van der Waals surface area contributed by atoms with E-state index in [4.69, 9.17) is 0 Å². The summed E-state index contributed by atoms with van der Waals surface area (Å²) < 4.78 is 13.0. The lowest BCUT2D eigenvalue weighted by atomic mass is 10.0. The predicted octanol–water partition coefficient (Wildman–Crippen LogP) is 3.49. The highest BCUT2D eigenvalue weighted by molar-refractivity contribution is 6.09. The zero-order valence-corrected chi connectivity index (χ0v) is 10.1. The highest BCUT2D eigenvalue weighted by Gasteiger charge is 2.09. The van der Waals surface area contributed by atoms with Gasteiger partial charge >= 0.3 is 0 Å². The van der Waals surface area contributed by atoms with Crippen LogP contribution in [0.4, 0.5) is 10.1 Å². The monoisotopic (exact) mass is 243 g/mol. The van der Waals surface area contributed by atoms with Crippen LogP contribution in [0.25, 0.3) is 0 Å². The lowest BCUT2D eigenvalue weighted by Crippen LogP contribution is -2.02. The molecule has 0 unspecified atom stereocenters. The summed E-state index contributed by atoms with van der Waals surface area (Å²) in [5.74, 6) is -0.567. The van der Waals surface area contributed by atoms with Gasteiger partial charge < -0.3 is 5.32 Å². The third-order valence-electron chi connectivity index (χ3n) is 2.61. The Labute approximate surface area is 105 Å². The first-order valence-electron chi connectivity index (χ1n) is 5.85. The van der Waals surface area contributed by atoms with Gasteiger partial charge in [-0.2, -0.15) is 0 Å². The first kappa shape index (κ1) is 12.3. The van der Waals surface area contributed by atoms with Crippen molar-refractivity contribution < 1.29 is 9.18 Å².